The summed E-state index contributed by atoms with van der Waals surface area (Å²) < 4.78 is 0. The molecule has 1 fully saturated rings. The lowest BCUT2D eigenvalue weighted by Crippen LogP contribution is -2.52. The maximum atomic E-state index is 12.9. The molecule has 1 spiro atoms. The number of amides is 2. The largest absolute Gasteiger partial charge is 0.353 e. The van der Waals surface area contributed by atoms with E-state index < -0.39 is 5.54 Å². The molecule has 0 saturated carbocycles. The standard InChI is InChI=1S/C17H19N3O2/c1-2-18-15(21)13-10-11-6-5-9-20(11)17(13)12-7-3-4-8-14(12)19-16(17)22/h3-4,7-8,10-11H,2,5-6,9H2,1H3,(H,18,21)(H,19,22)/t11?,17-/m0/s1. The summed E-state index contributed by atoms with van der Waals surface area (Å²) in [7, 11) is 0. The number of anilines is 1. The molecule has 3 aliphatic rings. The molecule has 3 heterocycles. The average molecular weight is 297 g/mol. The number of carbonyl (C=O) groups is 2. The van der Waals surface area contributed by atoms with Crippen LogP contribution < -0.4 is 10.6 Å². The highest BCUT2D eigenvalue weighted by Crippen LogP contribution is 2.52. The molecule has 2 N–H and O–H groups in total. The summed E-state index contributed by atoms with van der Waals surface area (Å²) in [6.07, 6.45) is 4.06. The van der Waals surface area contributed by atoms with Crippen LogP contribution in [0.2, 0.25) is 0 Å². The normalized spacial score (nSPS) is 29.2. The van der Waals surface area contributed by atoms with Crippen LogP contribution in [0.1, 0.15) is 25.3 Å². The molecule has 2 amide bonds. The molecule has 5 nitrogen and oxygen atoms in total. The van der Waals surface area contributed by atoms with Crippen molar-refractivity contribution in [3.8, 4) is 0 Å². The second kappa shape index (κ2) is 4.68. The Hall–Kier alpha value is -2.14. The predicted molar refractivity (Wildman–Crippen MR) is 83.2 cm³/mol. The first-order valence-corrected chi connectivity index (χ1v) is 7.87. The van der Waals surface area contributed by atoms with E-state index in [2.05, 4.69) is 15.5 Å². The maximum absolute atomic E-state index is 12.9. The average Bonchev–Trinajstić information content (AvgIpc) is 3.15. The van der Waals surface area contributed by atoms with Gasteiger partial charge in [0, 0.05) is 36.0 Å². The molecule has 2 atom stereocenters. The van der Waals surface area contributed by atoms with Crippen molar-refractivity contribution in [2.75, 3.05) is 18.4 Å². The molecule has 1 unspecified atom stereocenters. The number of benzene rings is 1. The Balaban J connectivity index is 1.92. The van der Waals surface area contributed by atoms with E-state index in [-0.39, 0.29) is 17.9 Å². The van der Waals surface area contributed by atoms with Gasteiger partial charge in [0.2, 0.25) is 5.91 Å². The van der Waals surface area contributed by atoms with E-state index in [1.54, 1.807) is 0 Å². The van der Waals surface area contributed by atoms with E-state index in [1.165, 1.54) is 0 Å². The van der Waals surface area contributed by atoms with E-state index in [0.29, 0.717) is 12.1 Å². The van der Waals surface area contributed by atoms with Crippen LogP contribution in [0.5, 0.6) is 0 Å². The highest BCUT2D eigenvalue weighted by Gasteiger charge is 2.61. The topological polar surface area (TPSA) is 61.4 Å². The Morgan fingerprint density at radius 2 is 2.27 bits per heavy atom. The van der Waals surface area contributed by atoms with Crippen LogP contribution in [-0.2, 0) is 15.1 Å². The van der Waals surface area contributed by atoms with Crippen LogP contribution in [0.3, 0.4) is 0 Å². The van der Waals surface area contributed by atoms with Crippen LogP contribution >= 0.6 is 0 Å². The van der Waals surface area contributed by atoms with Crippen molar-refractivity contribution in [1.29, 1.82) is 0 Å². The van der Waals surface area contributed by atoms with Gasteiger partial charge in [-0.15, -0.1) is 0 Å². The van der Waals surface area contributed by atoms with Gasteiger partial charge in [0.05, 0.1) is 0 Å². The van der Waals surface area contributed by atoms with Crippen LogP contribution in [0.25, 0.3) is 0 Å². The van der Waals surface area contributed by atoms with E-state index in [0.717, 1.165) is 30.6 Å². The first-order chi connectivity index (χ1) is 10.7. The molecule has 1 aromatic carbocycles. The van der Waals surface area contributed by atoms with Gasteiger partial charge in [0.1, 0.15) is 0 Å². The lowest BCUT2D eigenvalue weighted by Gasteiger charge is -2.35. The highest BCUT2D eigenvalue weighted by atomic mass is 16.2. The van der Waals surface area contributed by atoms with Gasteiger partial charge in [-0.1, -0.05) is 24.3 Å². The van der Waals surface area contributed by atoms with E-state index in [9.17, 15) is 9.59 Å². The fourth-order valence-corrected chi connectivity index (χ4v) is 4.14. The second-order valence-electron chi connectivity index (χ2n) is 6.05. The van der Waals surface area contributed by atoms with E-state index in [4.69, 9.17) is 0 Å². The van der Waals surface area contributed by atoms with Crippen molar-refractivity contribution in [3.63, 3.8) is 0 Å². The molecule has 3 aliphatic heterocycles. The minimum atomic E-state index is -0.947. The number of nitrogens with zero attached hydrogens (tertiary/aromatic N) is 1. The fourth-order valence-electron chi connectivity index (χ4n) is 4.14. The van der Waals surface area contributed by atoms with Crippen molar-refractivity contribution in [1.82, 2.24) is 10.2 Å². The predicted octanol–water partition coefficient (Wildman–Crippen LogP) is 1.37. The number of carbonyl (C=O) groups excluding carboxylic acids is 2. The lowest BCUT2D eigenvalue weighted by atomic mass is 9.83. The Morgan fingerprint density at radius 1 is 1.45 bits per heavy atom. The van der Waals surface area contributed by atoms with Crippen LogP contribution in [0.4, 0.5) is 5.69 Å². The van der Waals surface area contributed by atoms with E-state index >= 15 is 0 Å². The minimum Gasteiger partial charge on any atom is -0.353 e. The van der Waals surface area contributed by atoms with Gasteiger partial charge in [0.25, 0.3) is 5.91 Å². The molecule has 4 rings (SSSR count). The van der Waals surface area contributed by atoms with Crippen molar-refractivity contribution >= 4 is 17.5 Å². The van der Waals surface area contributed by atoms with Crippen molar-refractivity contribution in [3.05, 3.63) is 41.5 Å². The number of nitrogens with one attached hydrogen (secondary N) is 2. The summed E-state index contributed by atoms with van der Waals surface area (Å²) in [6, 6.07) is 7.88. The fraction of sp³-hybridized carbons (Fsp3) is 0.412. The summed E-state index contributed by atoms with van der Waals surface area (Å²) in [4.78, 5) is 27.7. The third-order valence-electron chi connectivity index (χ3n) is 4.95. The van der Waals surface area contributed by atoms with Crippen molar-refractivity contribution in [2.45, 2.75) is 31.3 Å². The molecule has 114 valence electrons. The molecule has 0 aliphatic carbocycles. The zero-order chi connectivity index (χ0) is 15.3. The highest BCUT2D eigenvalue weighted by molar-refractivity contribution is 6.15. The summed E-state index contributed by atoms with van der Waals surface area (Å²) in [5.41, 5.74) is 1.36. The Morgan fingerprint density at radius 3 is 3.09 bits per heavy atom. The monoisotopic (exact) mass is 297 g/mol. The summed E-state index contributed by atoms with van der Waals surface area (Å²) in [5, 5.41) is 5.83. The van der Waals surface area contributed by atoms with Gasteiger partial charge < -0.3 is 10.6 Å². The minimum absolute atomic E-state index is 0.101. The van der Waals surface area contributed by atoms with Gasteiger partial charge >= 0.3 is 0 Å². The molecular weight excluding hydrogens is 278 g/mol. The maximum Gasteiger partial charge on any atom is 0.254 e. The van der Waals surface area contributed by atoms with Gasteiger partial charge in [0.15, 0.2) is 5.54 Å². The Labute approximate surface area is 129 Å². The SMILES string of the molecule is CCNC(=O)C1=CC2CCCN2[C@]12C(=O)Nc1ccccc12. The number of fused-ring (bicyclic) bond motifs is 4. The zero-order valence-corrected chi connectivity index (χ0v) is 12.6. The van der Waals surface area contributed by atoms with Gasteiger partial charge in [-0.25, -0.2) is 0 Å². The lowest BCUT2D eigenvalue weighted by molar-refractivity contribution is -0.128. The molecule has 1 saturated heterocycles. The first kappa shape index (κ1) is 13.5. The van der Waals surface area contributed by atoms with Gasteiger partial charge in [-0.2, -0.15) is 0 Å². The quantitative estimate of drug-likeness (QED) is 0.867. The number of rotatable bonds is 2. The smallest absolute Gasteiger partial charge is 0.254 e. The van der Waals surface area contributed by atoms with Crippen LogP contribution in [0, 0.1) is 0 Å². The molecule has 22 heavy (non-hydrogen) atoms. The van der Waals surface area contributed by atoms with Crippen LogP contribution in [-0.4, -0.2) is 35.8 Å². The number of likely N-dealkylation sites (N-methyl/N-ethyl adjacent to an activating group) is 1. The number of para-hydroxylation sites is 1. The second-order valence-corrected chi connectivity index (χ2v) is 6.05. The van der Waals surface area contributed by atoms with Crippen molar-refractivity contribution < 1.29 is 9.59 Å². The number of hydrogen-bond acceptors (Lipinski definition) is 3. The van der Waals surface area contributed by atoms with Gasteiger partial charge in [-0.3, -0.25) is 14.5 Å². The third-order valence-corrected chi connectivity index (χ3v) is 4.95. The summed E-state index contributed by atoms with van der Waals surface area (Å²) >= 11 is 0. The van der Waals surface area contributed by atoms with Crippen LogP contribution in [0.15, 0.2) is 35.9 Å². The van der Waals surface area contributed by atoms with E-state index in [1.807, 2.05) is 37.3 Å². The summed E-state index contributed by atoms with van der Waals surface area (Å²) in [6.45, 7) is 3.29. The number of hydrogen-bond donors (Lipinski definition) is 2. The third kappa shape index (κ3) is 1.52. The zero-order valence-electron chi connectivity index (χ0n) is 12.6. The Bertz CT molecular complexity index is 697. The molecule has 1 aromatic rings. The summed E-state index contributed by atoms with van der Waals surface area (Å²) in [5.74, 6) is -0.237. The molecule has 5 heteroatoms. The molecular formula is C17H19N3O2. The molecule has 0 aromatic heterocycles. The van der Waals surface area contributed by atoms with Crippen molar-refractivity contribution in [2.24, 2.45) is 0 Å². The first-order valence-electron chi connectivity index (χ1n) is 7.87. The molecule has 0 radical (unpaired) electrons. The Kier molecular flexibility index (Phi) is 2.87. The molecule has 0 bridgehead atoms. The van der Waals surface area contributed by atoms with Gasteiger partial charge in [-0.05, 0) is 25.8 Å².